The first-order valence-corrected chi connectivity index (χ1v) is 13.0. The van der Waals surface area contributed by atoms with E-state index in [-0.39, 0.29) is 5.91 Å². The molecule has 8 nitrogen and oxygen atoms in total. The van der Waals surface area contributed by atoms with Gasteiger partial charge in [-0.1, -0.05) is 60.7 Å². The minimum Gasteiger partial charge on any atom is -0.492 e. The third kappa shape index (κ3) is 4.48. The summed E-state index contributed by atoms with van der Waals surface area (Å²) in [5.41, 5.74) is 2.28. The third-order valence-corrected chi connectivity index (χ3v) is 6.97. The van der Waals surface area contributed by atoms with Gasteiger partial charge >= 0.3 is 5.97 Å². The standard InChI is InChI=1S/C32H26N2O6/c1-2-38-26-16-10-9-15-25(26)33-30(35)27-28(34(40-29(27)31(33)36)23-13-7-4-8-14-23)21-17-19-24(20-18-21)39-32(37)22-11-5-3-6-12-22/h3-20,27-29H,2H2,1H3/t27-,28-,29-/m1/s1. The van der Waals surface area contributed by atoms with Gasteiger partial charge in [0.15, 0.2) is 6.10 Å². The van der Waals surface area contributed by atoms with Crippen molar-refractivity contribution >= 4 is 29.2 Å². The van der Waals surface area contributed by atoms with Crippen LogP contribution in [-0.4, -0.2) is 30.5 Å². The van der Waals surface area contributed by atoms with Crippen molar-refractivity contribution in [2.24, 2.45) is 5.92 Å². The molecule has 0 aromatic heterocycles. The Kier molecular flexibility index (Phi) is 6.76. The van der Waals surface area contributed by atoms with Gasteiger partial charge in [0.2, 0.25) is 5.91 Å². The summed E-state index contributed by atoms with van der Waals surface area (Å²) in [6.07, 6.45) is -1.01. The number of nitrogens with zero attached hydrogens (tertiary/aromatic N) is 2. The maximum Gasteiger partial charge on any atom is 0.343 e. The number of ether oxygens (including phenoxy) is 2. The Morgan fingerprint density at radius 3 is 2.15 bits per heavy atom. The van der Waals surface area contributed by atoms with Crippen molar-refractivity contribution < 1.29 is 28.7 Å². The molecule has 2 amide bonds. The molecule has 0 aliphatic carbocycles. The van der Waals surface area contributed by atoms with E-state index in [0.29, 0.717) is 35.0 Å². The predicted octanol–water partition coefficient (Wildman–Crippen LogP) is 5.36. The summed E-state index contributed by atoms with van der Waals surface area (Å²) in [6, 6.07) is 31.4. The second-order valence-electron chi connectivity index (χ2n) is 9.40. The fourth-order valence-electron chi connectivity index (χ4n) is 5.18. The first-order chi connectivity index (χ1) is 19.6. The van der Waals surface area contributed by atoms with Crippen molar-refractivity contribution in [2.45, 2.75) is 19.1 Å². The van der Waals surface area contributed by atoms with Crippen molar-refractivity contribution in [1.29, 1.82) is 0 Å². The molecule has 0 spiro atoms. The van der Waals surface area contributed by atoms with Gasteiger partial charge in [-0.05, 0) is 61.0 Å². The summed E-state index contributed by atoms with van der Waals surface area (Å²) in [4.78, 5) is 47.5. The molecule has 2 heterocycles. The minimum atomic E-state index is -1.01. The molecule has 200 valence electrons. The molecule has 2 aliphatic rings. The van der Waals surface area contributed by atoms with Crippen molar-refractivity contribution in [3.63, 3.8) is 0 Å². The van der Waals surface area contributed by atoms with Gasteiger partial charge in [-0.15, -0.1) is 0 Å². The van der Waals surface area contributed by atoms with Crippen LogP contribution >= 0.6 is 0 Å². The Morgan fingerprint density at radius 2 is 1.45 bits per heavy atom. The van der Waals surface area contributed by atoms with Gasteiger partial charge in [-0.2, -0.15) is 0 Å². The van der Waals surface area contributed by atoms with Crippen LogP contribution in [0.1, 0.15) is 28.9 Å². The molecule has 0 radical (unpaired) electrons. The highest BCUT2D eigenvalue weighted by atomic mass is 16.7. The van der Waals surface area contributed by atoms with Crippen LogP contribution in [-0.2, 0) is 14.4 Å². The summed E-state index contributed by atoms with van der Waals surface area (Å²) in [5.74, 6) is -1.28. The largest absolute Gasteiger partial charge is 0.492 e. The van der Waals surface area contributed by atoms with Gasteiger partial charge < -0.3 is 9.47 Å². The van der Waals surface area contributed by atoms with Crippen LogP contribution < -0.4 is 19.4 Å². The number of hydrogen-bond donors (Lipinski definition) is 0. The number of hydroxylamine groups is 1. The lowest BCUT2D eigenvalue weighted by molar-refractivity contribution is -0.126. The molecule has 2 fully saturated rings. The molecule has 40 heavy (non-hydrogen) atoms. The quantitative estimate of drug-likeness (QED) is 0.179. The second kappa shape index (κ2) is 10.7. The number of amides is 2. The SMILES string of the molecule is CCOc1ccccc1N1C(=O)[C@@H]2[C@@H](c3ccc(OC(=O)c4ccccc4)cc3)N(c3ccccc3)O[C@H]2C1=O. The molecule has 0 saturated carbocycles. The zero-order valence-corrected chi connectivity index (χ0v) is 21.7. The molecule has 4 aromatic rings. The molecular weight excluding hydrogens is 508 g/mol. The zero-order chi connectivity index (χ0) is 27.6. The molecule has 8 heteroatoms. The molecule has 0 bridgehead atoms. The van der Waals surface area contributed by atoms with E-state index < -0.39 is 29.9 Å². The number of carbonyl (C=O) groups excluding carboxylic acids is 3. The van der Waals surface area contributed by atoms with Gasteiger partial charge in [-0.3, -0.25) is 14.4 Å². The van der Waals surface area contributed by atoms with Gasteiger partial charge in [0, 0.05) is 0 Å². The lowest BCUT2D eigenvalue weighted by Gasteiger charge is -2.29. The first-order valence-electron chi connectivity index (χ1n) is 13.0. The van der Waals surface area contributed by atoms with Gasteiger partial charge in [0.25, 0.3) is 5.91 Å². The van der Waals surface area contributed by atoms with Crippen LogP contribution in [0.5, 0.6) is 11.5 Å². The van der Waals surface area contributed by atoms with E-state index in [4.69, 9.17) is 14.3 Å². The fraction of sp³-hybridized carbons (Fsp3) is 0.156. The normalized spacial score (nSPS) is 20.0. The average Bonchev–Trinajstić information content (AvgIpc) is 3.50. The van der Waals surface area contributed by atoms with E-state index >= 15 is 0 Å². The van der Waals surface area contributed by atoms with E-state index in [1.807, 2.05) is 43.3 Å². The summed E-state index contributed by atoms with van der Waals surface area (Å²) in [7, 11) is 0. The highest BCUT2D eigenvalue weighted by Gasteiger charge is 2.60. The Bertz CT molecular complexity index is 1540. The molecule has 0 N–H and O–H groups in total. The Morgan fingerprint density at radius 1 is 0.800 bits per heavy atom. The maximum absolute atomic E-state index is 14.0. The van der Waals surface area contributed by atoms with Crippen LogP contribution in [0.25, 0.3) is 0 Å². The number of fused-ring (bicyclic) bond motifs is 1. The smallest absolute Gasteiger partial charge is 0.343 e. The summed E-state index contributed by atoms with van der Waals surface area (Å²) >= 11 is 0. The van der Waals surface area contributed by atoms with Crippen LogP contribution in [0, 0.1) is 5.92 Å². The van der Waals surface area contributed by atoms with Crippen LogP contribution in [0.4, 0.5) is 11.4 Å². The number of hydrogen-bond acceptors (Lipinski definition) is 7. The molecule has 6 rings (SSSR count). The van der Waals surface area contributed by atoms with Crippen LogP contribution in [0.3, 0.4) is 0 Å². The average molecular weight is 535 g/mol. The Labute approximate surface area is 231 Å². The predicted molar refractivity (Wildman–Crippen MR) is 148 cm³/mol. The van der Waals surface area contributed by atoms with E-state index in [1.54, 1.807) is 77.9 Å². The molecule has 3 atom stereocenters. The van der Waals surface area contributed by atoms with Gasteiger partial charge in [-0.25, -0.2) is 14.8 Å². The van der Waals surface area contributed by atoms with Gasteiger partial charge in [0.05, 0.1) is 29.6 Å². The highest BCUT2D eigenvalue weighted by molar-refractivity contribution is 6.24. The minimum absolute atomic E-state index is 0.362. The number of rotatable bonds is 7. The molecule has 2 saturated heterocycles. The number of carbonyl (C=O) groups is 3. The number of esters is 1. The van der Waals surface area contributed by atoms with E-state index in [9.17, 15) is 14.4 Å². The summed E-state index contributed by atoms with van der Waals surface area (Å²) in [5, 5.41) is 1.63. The van der Waals surface area contributed by atoms with Crippen molar-refractivity contribution in [1.82, 2.24) is 0 Å². The first kappa shape index (κ1) is 25.3. The molecule has 4 aromatic carbocycles. The Balaban J connectivity index is 1.34. The van der Waals surface area contributed by atoms with E-state index in [2.05, 4.69) is 0 Å². The second-order valence-corrected chi connectivity index (χ2v) is 9.40. The third-order valence-electron chi connectivity index (χ3n) is 6.97. The monoisotopic (exact) mass is 534 g/mol. The summed E-state index contributed by atoms with van der Waals surface area (Å²) < 4.78 is 11.2. The maximum atomic E-state index is 14.0. The molecular formula is C32H26N2O6. The lowest BCUT2D eigenvalue weighted by Crippen LogP contribution is -2.37. The molecule has 2 aliphatic heterocycles. The number of anilines is 2. The number of imide groups is 1. The highest BCUT2D eigenvalue weighted by Crippen LogP contribution is 2.48. The van der Waals surface area contributed by atoms with Crippen molar-refractivity contribution in [2.75, 3.05) is 16.6 Å². The molecule has 0 unspecified atom stereocenters. The zero-order valence-electron chi connectivity index (χ0n) is 21.7. The number of benzene rings is 4. The summed E-state index contributed by atoms with van der Waals surface area (Å²) in [6.45, 7) is 2.24. The van der Waals surface area contributed by atoms with Gasteiger partial charge in [0.1, 0.15) is 17.4 Å². The fourth-order valence-corrected chi connectivity index (χ4v) is 5.18. The topological polar surface area (TPSA) is 85.4 Å². The Hall–Kier alpha value is -4.95. The van der Waals surface area contributed by atoms with Crippen LogP contribution in [0.15, 0.2) is 109 Å². The van der Waals surface area contributed by atoms with E-state index in [1.165, 1.54) is 4.90 Å². The lowest BCUT2D eigenvalue weighted by atomic mass is 9.90. The van der Waals surface area contributed by atoms with Crippen molar-refractivity contribution in [3.05, 3.63) is 120 Å². The van der Waals surface area contributed by atoms with Crippen molar-refractivity contribution in [3.8, 4) is 11.5 Å². The van der Waals surface area contributed by atoms with Crippen LogP contribution in [0.2, 0.25) is 0 Å². The number of para-hydroxylation sites is 3. The van der Waals surface area contributed by atoms with E-state index in [0.717, 1.165) is 5.56 Å².